The lowest BCUT2D eigenvalue weighted by Crippen LogP contribution is -2.19. The minimum absolute atomic E-state index is 0.586. The molecule has 0 saturated heterocycles. The summed E-state index contributed by atoms with van der Waals surface area (Å²) in [6.45, 7) is 0.787. The van der Waals surface area contributed by atoms with E-state index >= 15 is 0 Å². The van der Waals surface area contributed by atoms with Crippen LogP contribution in [0.15, 0.2) is 53.3 Å². The molecule has 0 aliphatic rings. The molecule has 0 bridgehead atoms. The predicted molar refractivity (Wildman–Crippen MR) is 101 cm³/mol. The summed E-state index contributed by atoms with van der Waals surface area (Å²) in [5, 5.41) is 4.34. The number of alkyl halides is 1. The first-order valence-corrected chi connectivity index (χ1v) is 8.54. The Bertz CT molecular complexity index is 825. The van der Waals surface area contributed by atoms with Gasteiger partial charge in [0.1, 0.15) is 12.1 Å². The first kappa shape index (κ1) is 16.0. The summed E-state index contributed by atoms with van der Waals surface area (Å²) in [4.78, 5) is 10.9. The zero-order valence-electron chi connectivity index (χ0n) is 12.6. The topological polar surface area (TPSA) is 41.1 Å². The molecule has 3 rings (SSSR count). The third-order valence-corrected chi connectivity index (χ3v) is 4.23. The van der Waals surface area contributed by atoms with Crippen LogP contribution < -0.4 is 10.2 Å². The highest BCUT2D eigenvalue weighted by Crippen LogP contribution is 2.27. The number of nitrogens with one attached hydrogen (secondary N) is 1. The van der Waals surface area contributed by atoms with E-state index in [1.54, 1.807) is 6.33 Å². The van der Waals surface area contributed by atoms with E-state index < -0.39 is 0 Å². The number of rotatable bonds is 5. The first-order chi connectivity index (χ1) is 11.2. The van der Waals surface area contributed by atoms with Gasteiger partial charge in [-0.05, 0) is 36.4 Å². The second-order valence-electron chi connectivity index (χ2n) is 5.17. The van der Waals surface area contributed by atoms with Gasteiger partial charge in [-0.15, -0.1) is 11.6 Å². The van der Waals surface area contributed by atoms with Gasteiger partial charge < -0.3 is 10.2 Å². The summed E-state index contributed by atoms with van der Waals surface area (Å²) < 4.78 is 1.02. The number of nitrogens with zero attached hydrogens (tertiary/aromatic N) is 3. The van der Waals surface area contributed by atoms with E-state index in [0.717, 1.165) is 39.1 Å². The highest BCUT2D eigenvalue weighted by Gasteiger charge is 2.08. The predicted octanol–water partition coefficient (Wildman–Crippen LogP) is 4.81. The molecule has 0 unspecified atom stereocenters. The van der Waals surface area contributed by atoms with Gasteiger partial charge in [0.25, 0.3) is 0 Å². The van der Waals surface area contributed by atoms with Gasteiger partial charge in [0.05, 0.1) is 5.52 Å². The molecular formula is C17H16BrClN4. The van der Waals surface area contributed by atoms with Crippen molar-refractivity contribution >= 4 is 55.6 Å². The summed E-state index contributed by atoms with van der Waals surface area (Å²) in [7, 11) is 2.02. The maximum Gasteiger partial charge on any atom is 0.141 e. The Morgan fingerprint density at radius 1 is 1.17 bits per heavy atom. The van der Waals surface area contributed by atoms with Crippen LogP contribution in [0, 0.1) is 0 Å². The third kappa shape index (κ3) is 3.74. The van der Waals surface area contributed by atoms with Crippen molar-refractivity contribution in [3.63, 3.8) is 0 Å². The molecule has 1 N–H and O–H groups in total. The van der Waals surface area contributed by atoms with E-state index in [4.69, 9.17) is 11.6 Å². The molecule has 23 heavy (non-hydrogen) atoms. The molecule has 0 aliphatic heterocycles. The van der Waals surface area contributed by atoms with Gasteiger partial charge in [-0.1, -0.05) is 22.0 Å². The smallest absolute Gasteiger partial charge is 0.141 e. The van der Waals surface area contributed by atoms with Gasteiger partial charge in [0.15, 0.2) is 0 Å². The molecule has 0 spiro atoms. The van der Waals surface area contributed by atoms with Gasteiger partial charge in [0.2, 0.25) is 0 Å². The van der Waals surface area contributed by atoms with Gasteiger partial charge in [0, 0.05) is 40.7 Å². The molecule has 3 aromatic rings. The fourth-order valence-electron chi connectivity index (χ4n) is 2.34. The lowest BCUT2D eigenvalue weighted by molar-refractivity contribution is 0.975. The average Bonchev–Trinajstić information content (AvgIpc) is 2.55. The van der Waals surface area contributed by atoms with Crippen LogP contribution in [-0.4, -0.2) is 29.4 Å². The van der Waals surface area contributed by atoms with Gasteiger partial charge in [-0.2, -0.15) is 0 Å². The van der Waals surface area contributed by atoms with E-state index in [9.17, 15) is 0 Å². The van der Waals surface area contributed by atoms with E-state index in [0.29, 0.717) is 5.88 Å². The maximum atomic E-state index is 5.83. The molecule has 1 heterocycles. The van der Waals surface area contributed by atoms with Crippen molar-refractivity contribution in [3.05, 3.63) is 53.3 Å². The van der Waals surface area contributed by atoms with Crippen molar-refractivity contribution < 1.29 is 0 Å². The molecule has 0 aliphatic carbocycles. The molecule has 1 aromatic heterocycles. The lowest BCUT2D eigenvalue weighted by atomic mass is 10.2. The van der Waals surface area contributed by atoms with Gasteiger partial charge in [-0.25, -0.2) is 9.97 Å². The largest absolute Gasteiger partial charge is 0.373 e. The van der Waals surface area contributed by atoms with Crippen molar-refractivity contribution in [2.24, 2.45) is 0 Å². The number of fused-ring (bicyclic) bond motifs is 1. The monoisotopic (exact) mass is 390 g/mol. The van der Waals surface area contributed by atoms with Crippen LogP contribution in [0.3, 0.4) is 0 Å². The zero-order chi connectivity index (χ0) is 16.2. The SMILES string of the molecule is CN(CCCl)c1ccc2ncnc(Nc3cccc(Br)c3)c2c1. The normalized spacial score (nSPS) is 10.7. The Labute approximate surface area is 148 Å². The molecular weight excluding hydrogens is 376 g/mol. The molecule has 0 atom stereocenters. The van der Waals surface area contributed by atoms with E-state index in [1.807, 2.05) is 43.4 Å². The minimum atomic E-state index is 0.586. The van der Waals surface area contributed by atoms with Crippen LogP contribution >= 0.6 is 27.5 Å². The molecule has 0 radical (unpaired) electrons. The Morgan fingerprint density at radius 3 is 2.83 bits per heavy atom. The molecule has 118 valence electrons. The van der Waals surface area contributed by atoms with Crippen molar-refractivity contribution in [2.75, 3.05) is 29.7 Å². The van der Waals surface area contributed by atoms with Crippen molar-refractivity contribution in [1.29, 1.82) is 0 Å². The van der Waals surface area contributed by atoms with Crippen molar-refractivity contribution in [1.82, 2.24) is 9.97 Å². The van der Waals surface area contributed by atoms with Crippen molar-refractivity contribution in [3.8, 4) is 0 Å². The van der Waals surface area contributed by atoms with Crippen LogP contribution in [0.25, 0.3) is 10.9 Å². The first-order valence-electron chi connectivity index (χ1n) is 7.22. The van der Waals surface area contributed by atoms with E-state index in [2.05, 4.69) is 42.2 Å². The Balaban J connectivity index is 2.00. The standard InChI is InChI=1S/C17H16BrClN4/c1-23(8-7-19)14-5-6-16-15(10-14)17(21-11-20-16)22-13-4-2-3-12(18)9-13/h2-6,9-11H,7-8H2,1H3,(H,20,21,22). The molecule has 2 aromatic carbocycles. The fraction of sp³-hybridized carbons (Fsp3) is 0.176. The zero-order valence-corrected chi connectivity index (χ0v) is 15.0. The summed E-state index contributed by atoms with van der Waals surface area (Å²) in [6, 6.07) is 14.1. The second kappa shape index (κ2) is 7.15. The number of hydrogen-bond acceptors (Lipinski definition) is 4. The fourth-order valence-corrected chi connectivity index (χ4v) is 2.99. The van der Waals surface area contributed by atoms with Gasteiger partial charge >= 0.3 is 0 Å². The van der Waals surface area contributed by atoms with Crippen LogP contribution in [-0.2, 0) is 0 Å². The summed E-state index contributed by atoms with van der Waals surface area (Å²) >= 11 is 9.32. The third-order valence-electron chi connectivity index (χ3n) is 3.57. The molecule has 6 heteroatoms. The molecule has 0 amide bonds. The minimum Gasteiger partial charge on any atom is -0.373 e. The van der Waals surface area contributed by atoms with Crippen LogP contribution in [0.4, 0.5) is 17.2 Å². The number of aromatic nitrogens is 2. The van der Waals surface area contributed by atoms with Gasteiger partial charge in [-0.3, -0.25) is 0 Å². The summed E-state index contributed by atoms with van der Waals surface area (Å²) in [6.07, 6.45) is 1.57. The Morgan fingerprint density at radius 2 is 2.04 bits per heavy atom. The number of anilines is 3. The lowest BCUT2D eigenvalue weighted by Gasteiger charge is -2.18. The number of hydrogen-bond donors (Lipinski definition) is 1. The number of halogens is 2. The highest BCUT2D eigenvalue weighted by molar-refractivity contribution is 9.10. The average molecular weight is 392 g/mol. The second-order valence-corrected chi connectivity index (χ2v) is 6.46. The summed E-state index contributed by atoms with van der Waals surface area (Å²) in [5.41, 5.74) is 2.96. The Hall–Kier alpha value is -1.85. The number of benzene rings is 2. The van der Waals surface area contributed by atoms with Crippen LogP contribution in [0.2, 0.25) is 0 Å². The van der Waals surface area contributed by atoms with Crippen LogP contribution in [0.1, 0.15) is 0 Å². The van der Waals surface area contributed by atoms with E-state index in [-0.39, 0.29) is 0 Å². The van der Waals surface area contributed by atoms with Crippen LogP contribution in [0.5, 0.6) is 0 Å². The van der Waals surface area contributed by atoms with Crippen molar-refractivity contribution in [2.45, 2.75) is 0 Å². The molecule has 4 nitrogen and oxygen atoms in total. The summed E-state index contributed by atoms with van der Waals surface area (Å²) in [5.74, 6) is 1.37. The molecule has 0 saturated carbocycles. The Kier molecular flexibility index (Phi) is 4.98. The maximum absolute atomic E-state index is 5.83. The highest BCUT2D eigenvalue weighted by atomic mass is 79.9. The molecule has 0 fully saturated rings. The van der Waals surface area contributed by atoms with E-state index in [1.165, 1.54) is 0 Å². The quantitative estimate of drug-likeness (QED) is 0.634.